The van der Waals surface area contributed by atoms with Gasteiger partial charge in [-0.15, -0.1) is 0 Å². The highest BCUT2D eigenvalue weighted by Gasteiger charge is 2.21. The molecule has 2 aromatic carbocycles. The molecule has 0 aliphatic heterocycles. The van der Waals surface area contributed by atoms with E-state index in [4.69, 9.17) is 4.74 Å². The lowest BCUT2D eigenvalue weighted by Gasteiger charge is -2.07. The van der Waals surface area contributed by atoms with Crippen molar-refractivity contribution < 1.29 is 18.8 Å². The van der Waals surface area contributed by atoms with E-state index in [1.54, 1.807) is 24.3 Å². The highest BCUT2D eigenvalue weighted by molar-refractivity contribution is 6.01. The van der Waals surface area contributed by atoms with Gasteiger partial charge in [-0.1, -0.05) is 18.2 Å². The van der Waals surface area contributed by atoms with E-state index in [9.17, 15) is 19.3 Å². The molecule has 0 fully saturated rings. The lowest BCUT2D eigenvalue weighted by atomic mass is 10.0. The largest absolute Gasteiger partial charge is 0.496 e. The first-order valence-corrected chi connectivity index (χ1v) is 6.12. The van der Waals surface area contributed by atoms with Gasteiger partial charge in [0.2, 0.25) is 0 Å². The van der Waals surface area contributed by atoms with E-state index < -0.39 is 22.2 Å². The SMILES string of the molecule is COc1ccccc1CC(=O)c1ccc(F)cc1[N+](=O)[O-]. The maximum absolute atomic E-state index is 13.1. The number of benzene rings is 2. The van der Waals surface area contributed by atoms with Crippen molar-refractivity contribution >= 4 is 11.5 Å². The first kappa shape index (κ1) is 14.6. The predicted molar refractivity (Wildman–Crippen MR) is 74.1 cm³/mol. The van der Waals surface area contributed by atoms with Crippen LogP contribution in [0.3, 0.4) is 0 Å². The van der Waals surface area contributed by atoms with Crippen molar-refractivity contribution in [2.24, 2.45) is 0 Å². The number of carbonyl (C=O) groups excluding carboxylic acids is 1. The van der Waals surface area contributed by atoms with Crippen molar-refractivity contribution in [3.8, 4) is 5.75 Å². The van der Waals surface area contributed by atoms with E-state index in [1.165, 1.54) is 7.11 Å². The van der Waals surface area contributed by atoms with Gasteiger partial charge in [0.15, 0.2) is 5.78 Å². The Kier molecular flexibility index (Phi) is 4.27. The quantitative estimate of drug-likeness (QED) is 0.481. The first-order valence-electron chi connectivity index (χ1n) is 6.12. The molecule has 0 spiro atoms. The van der Waals surface area contributed by atoms with Crippen LogP contribution in [0.5, 0.6) is 5.75 Å². The number of halogens is 1. The topological polar surface area (TPSA) is 69.4 Å². The molecule has 0 amide bonds. The van der Waals surface area contributed by atoms with Gasteiger partial charge in [0.1, 0.15) is 11.6 Å². The Balaban J connectivity index is 2.35. The number of nitrogens with zero attached hydrogens (tertiary/aromatic N) is 1. The molecule has 0 aliphatic carbocycles. The van der Waals surface area contributed by atoms with Crippen LogP contribution in [0, 0.1) is 15.9 Å². The van der Waals surface area contributed by atoms with Gasteiger partial charge in [-0.2, -0.15) is 0 Å². The maximum Gasteiger partial charge on any atom is 0.283 e. The highest BCUT2D eigenvalue weighted by Crippen LogP contribution is 2.24. The van der Waals surface area contributed by atoms with Gasteiger partial charge in [-0.05, 0) is 18.2 Å². The Morgan fingerprint density at radius 2 is 2.00 bits per heavy atom. The molecule has 6 heteroatoms. The third-order valence-electron chi connectivity index (χ3n) is 3.00. The van der Waals surface area contributed by atoms with Crippen LogP contribution in [-0.2, 0) is 6.42 Å². The Morgan fingerprint density at radius 1 is 1.29 bits per heavy atom. The van der Waals surface area contributed by atoms with Gasteiger partial charge in [0, 0.05) is 12.0 Å². The van der Waals surface area contributed by atoms with Crippen molar-refractivity contribution in [2.45, 2.75) is 6.42 Å². The number of nitro benzene ring substituents is 1. The highest BCUT2D eigenvalue weighted by atomic mass is 19.1. The number of hydrogen-bond acceptors (Lipinski definition) is 4. The average Bonchev–Trinajstić information content (AvgIpc) is 2.47. The summed E-state index contributed by atoms with van der Waals surface area (Å²) in [4.78, 5) is 22.4. The number of rotatable bonds is 5. The molecule has 2 aromatic rings. The molecule has 108 valence electrons. The Labute approximate surface area is 120 Å². The summed E-state index contributed by atoms with van der Waals surface area (Å²) >= 11 is 0. The van der Waals surface area contributed by atoms with Crippen LogP contribution < -0.4 is 4.74 Å². The van der Waals surface area contributed by atoms with E-state index in [-0.39, 0.29) is 12.0 Å². The zero-order valence-corrected chi connectivity index (χ0v) is 11.2. The Morgan fingerprint density at radius 3 is 2.67 bits per heavy atom. The predicted octanol–water partition coefficient (Wildman–Crippen LogP) is 3.17. The smallest absolute Gasteiger partial charge is 0.283 e. The van der Waals surface area contributed by atoms with Crippen LogP contribution >= 0.6 is 0 Å². The van der Waals surface area contributed by atoms with Crippen LogP contribution in [0.2, 0.25) is 0 Å². The summed E-state index contributed by atoms with van der Waals surface area (Å²) in [5.74, 6) is -0.697. The molecule has 0 unspecified atom stereocenters. The second kappa shape index (κ2) is 6.13. The number of Topliss-reactive ketones (excluding diaryl/α,β-unsaturated/α-hetero) is 1. The van der Waals surface area contributed by atoms with Crippen LogP contribution in [0.15, 0.2) is 42.5 Å². The van der Waals surface area contributed by atoms with Crippen molar-refractivity contribution in [1.82, 2.24) is 0 Å². The fourth-order valence-corrected chi connectivity index (χ4v) is 2.01. The van der Waals surface area contributed by atoms with Gasteiger partial charge in [-0.25, -0.2) is 4.39 Å². The third-order valence-corrected chi connectivity index (χ3v) is 3.00. The number of carbonyl (C=O) groups is 1. The van der Waals surface area contributed by atoms with E-state index in [1.807, 2.05) is 0 Å². The molecule has 5 nitrogen and oxygen atoms in total. The van der Waals surface area contributed by atoms with Crippen LogP contribution in [0.25, 0.3) is 0 Å². The number of methoxy groups -OCH3 is 1. The molecule has 0 saturated heterocycles. The minimum Gasteiger partial charge on any atom is -0.496 e. The van der Waals surface area contributed by atoms with Gasteiger partial charge < -0.3 is 4.74 Å². The zero-order valence-electron chi connectivity index (χ0n) is 11.2. The fourth-order valence-electron chi connectivity index (χ4n) is 2.01. The monoisotopic (exact) mass is 289 g/mol. The molecule has 0 saturated carbocycles. The van der Waals surface area contributed by atoms with Gasteiger partial charge in [0.25, 0.3) is 5.69 Å². The molecule has 2 rings (SSSR count). The van der Waals surface area contributed by atoms with Gasteiger partial charge in [0.05, 0.1) is 23.7 Å². The molecule has 21 heavy (non-hydrogen) atoms. The molecular formula is C15H12FNO4. The maximum atomic E-state index is 13.1. The van der Waals surface area contributed by atoms with Crippen LogP contribution in [-0.4, -0.2) is 17.8 Å². The normalized spacial score (nSPS) is 10.2. The Bertz CT molecular complexity index is 700. The number of ketones is 1. The summed E-state index contributed by atoms with van der Waals surface area (Å²) in [5.41, 5.74) is -0.0363. The summed E-state index contributed by atoms with van der Waals surface area (Å²) in [7, 11) is 1.48. The molecule has 0 heterocycles. The summed E-state index contributed by atoms with van der Waals surface area (Å²) in [6, 6.07) is 9.80. The van der Waals surface area contributed by atoms with E-state index in [0.717, 1.165) is 18.2 Å². The molecule has 0 aliphatic rings. The number of ether oxygens (including phenoxy) is 1. The lowest BCUT2D eigenvalue weighted by Crippen LogP contribution is -2.08. The standard InChI is InChI=1S/C15H12FNO4/c1-21-15-5-3-2-4-10(15)8-14(18)12-7-6-11(16)9-13(12)17(19)20/h2-7,9H,8H2,1H3. The van der Waals surface area contributed by atoms with Gasteiger partial charge >= 0.3 is 0 Å². The number of nitro groups is 1. The minimum atomic E-state index is -0.765. The van der Waals surface area contributed by atoms with E-state index in [0.29, 0.717) is 11.3 Å². The summed E-state index contributed by atoms with van der Waals surface area (Å²) in [5, 5.41) is 10.9. The molecule has 0 atom stereocenters. The van der Waals surface area contributed by atoms with Crippen molar-refractivity contribution in [2.75, 3.05) is 7.11 Å². The number of para-hydroxylation sites is 1. The van der Waals surface area contributed by atoms with E-state index >= 15 is 0 Å². The summed E-state index contributed by atoms with van der Waals surface area (Å²) in [6.07, 6.45) is -0.0590. The second-order valence-electron chi connectivity index (χ2n) is 4.33. The van der Waals surface area contributed by atoms with Crippen molar-refractivity contribution in [1.29, 1.82) is 0 Å². The van der Waals surface area contributed by atoms with Crippen molar-refractivity contribution in [3.05, 3.63) is 69.5 Å². The van der Waals surface area contributed by atoms with Crippen LogP contribution in [0.4, 0.5) is 10.1 Å². The average molecular weight is 289 g/mol. The van der Waals surface area contributed by atoms with Gasteiger partial charge in [-0.3, -0.25) is 14.9 Å². The molecule has 0 radical (unpaired) electrons. The third kappa shape index (κ3) is 3.22. The lowest BCUT2D eigenvalue weighted by molar-refractivity contribution is -0.385. The number of hydrogen-bond donors (Lipinski definition) is 0. The summed E-state index contributed by atoms with van der Waals surface area (Å²) in [6.45, 7) is 0. The molecule has 0 aromatic heterocycles. The Hall–Kier alpha value is -2.76. The van der Waals surface area contributed by atoms with Crippen molar-refractivity contribution in [3.63, 3.8) is 0 Å². The molecule has 0 bridgehead atoms. The zero-order chi connectivity index (χ0) is 15.4. The fraction of sp³-hybridized carbons (Fsp3) is 0.133. The molecule has 0 N–H and O–H groups in total. The summed E-state index contributed by atoms with van der Waals surface area (Å²) < 4.78 is 18.2. The van der Waals surface area contributed by atoms with E-state index in [2.05, 4.69) is 0 Å². The molecular weight excluding hydrogens is 277 g/mol. The first-order chi connectivity index (χ1) is 10.0. The second-order valence-corrected chi connectivity index (χ2v) is 4.33. The minimum absolute atomic E-state index is 0.0590. The van der Waals surface area contributed by atoms with Crippen LogP contribution in [0.1, 0.15) is 15.9 Å².